The van der Waals surface area contributed by atoms with Gasteiger partial charge in [0.1, 0.15) is 17.4 Å². The molecular formula is C22H19F2NO2. The average Bonchev–Trinajstić information content (AvgIpc) is 2.68. The maximum absolute atomic E-state index is 14.2. The van der Waals surface area contributed by atoms with Crippen molar-refractivity contribution in [3.05, 3.63) is 89.5 Å². The lowest BCUT2D eigenvalue weighted by atomic mass is 9.95. The lowest BCUT2D eigenvalue weighted by Gasteiger charge is -2.19. The second-order valence-corrected chi connectivity index (χ2v) is 6.14. The first-order chi connectivity index (χ1) is 13.0. The number of nitrogens with one attached hydrogen (secondary N) is 1. The van der Waals surface area contributed by atoms with Crippen LogP contribution in [0.25, 0.3) is 11.1 Å². The van der Waals surface area contributed by atoms with E-state index < -0.39 is 11.6 Å². The van der Waals surface area contributed by atoms with Gasteiger partial charge in [0.25, 0.3) is 5.91 Å². The molecule has 1 atom stereocenters. The summed E-state index contributed by atoms with van der Waals surface area (Å²) in [6.45, 7) is 1.82. The van der Waals surface area contributed by atoms with Gasteiger partial charge in [-0.25, -0.2) is 8.78 Å². The third-order valence-corrected chi connectivity index (χ3v) is 4.33. The highest BCUT2D eigenvalue weighted by Crippen LogP contribution is 2.30. The van der Waals surface area contributed by atoms with Crippen LogP contribution in [0.2, 0.25) is 0 Å². The highest BCUT2D eigenvalue weighted by Gasteiger charge is 2.17. The maximum atomic E-state index is 14.2. The first-order valence-electron chi connectivity index (χ1n) is 8.49. The largest absolute Gasteiger partial charge is 0.497 e. The van der Waals surface area contributed by atoms with Gasteiger partial charge >= 0.3 is 0 Å². The van der Waals surface area contributed by atoms with Gasteiger partial charge in [0.2, 0.25) is 0 Å². The zero-order chi connectivity index (χ0) is 19.4. The number of hydrogen-bond donors (Lipinski definition) is 1. The third kappa shape index (κ3) is 4.14. The Morgan fingerprint density at radius 2 is 1.74 bits per heavy atom. The summed E-state index contributed by atoms with van der Waals surface area (Å²) < 4.78 is 32.6. The van der Waals surface area contributed by atoms with Gasteiger partial charge in [-0.15, -0.1) is 0 Å². The van der Waals surface area contributed by atoms with Crippen molar-refractivity contribution in [1.29, 1.82) is 0 Å². The molecule has 0 aromatic heterocycles. The molecule has 0 heterocycles. The van der Waals surface area contributed by atoms with Crippen molar-refractivity contribution in [2.24, 2.45) is 0 Å². The van der Waals surface area contributed by atoms with E-state index in [1.165, 1.54) is 19.2 Å². The van der Waals surface area contributed by atoms with Gasteiger partial charge in [-0.1, -0.05) is 30.3 Å². The smallest absolute Gasteiger partial charge is 0.251 e. The summed E-state index contributed by atoms with van der Waals surface area (Å²) in [6.07, 6.45) is 0. The fourth-order valence-corrected chi connectivity index (χ4v) is 2.95. The van der Waals surface area contributed by atoms with E-state index >= 15 is 0 Å². The normalized spacial score (nSPS) is 11.7. The molecule has 5 heteroatoms. The first kappa shape index (κ1) is 18.6. The number of ether oxygens (including phenoxy) is 1. The molecule has 1 unspecified atom stereocenters. The van der Waals surface area contributed by atoms with Crippen molar-refractivity contribution in [2.45, 2.75) is 13.0 Å². The number of amides is 1. The number of halogens is 2. The molecule has 0 spiro atoms. The van der Waals surface area contributed by atoms with Gasteiger partial charge in [0, 0.05) is 17.2 Å². The molecule has 27 heavy (non-hydrogen) atoms. The van der Waals surface area contributed by atoms with Crippen LogP contribution in [0.5, 0.6) is 5.75 Å². The molecule has 1 N–H and O–H groups in total. The summed E-state index contributed by atoms with van der Waals surface area (Å²) in [4.78, 5) is 12.6. The highest BCUT2D eigenvalue weighted by molar-refractivity contribution is 5.95. The molecule has 0 radical (unpaired) electrons. The number of benzene rings is 3. The third-order valence-electron chi connectivity index (χ3n) is 4.33. The Balaban J connectivity index is 1.89. The van der Waals surface area contributed by atoms with Crippen molar-refractivity contribution in [1.82, 2.24) is 5.32 Å². The van der Waals surface area contributed by atoms with Crippen molar-refractivity contribution >= 4 is 5.91 Å². The zero-order valence-corrected chi connectivity index (χ0v) is 15.0. The van der Waals surface area contributed by atoms with Gasteiger partial charge in [0.15, 0.2) is 0 Å². The summed E-state index contributed by atoms with van der Waals surface area (Å²) in [7, 11) is 1.53. The summed E-state index contributed by atoms with van der Waals surface area (Å²) >= 11 is 0. The fraction of sp³-hybridized carbons (Fsp3) is 0.136. The van der Waals surface area contributed by atoms with E-state index in [1.807, 2.05) is 19.1 Å². The molecule has 0 aliphatic rings. The molecule has 0 aliphatic carbocycles. The second kappa shape index (κ2) is 7.99. The predicted octanol–water partition coefficient (Wildman–Crippen LogP) is 5.13. The van der Waals surface area contributed by atoms with Crippen molar-refractivity contribution in [3.63, 3.8) is 0 Å². The van der Waals surface area contributed by atoms with Crippen molar-refractivity contribution in [2.75, 3.05) is 7.11 Å². The van der Waals surface area contributed by atoms with Gasteiger partial charge in [0.05, 0.1) is 13.2 Å². The fourth-order valence-electron chi connectivity index (χ4n) is 2.95. The predicted molar refractivity (Wildman–Crippen MR) is 101 cm³/mol. The van der Waals surface area contributed by atoms with Gasteiger partial charge in [-0.2, -0.15) is 0 Å². The summed E-state index contributed by atoms with van der Waals surface area (Å²) in [6, 6.07) is 17.1. The molecule has 0 bridgehead atoms. The minimum absolute atomic E-state index is 0.268. The number of methoxy groups -OCH3 is 1. The van der Waals surface area contributed by atoms with Crippen LogP contribution >= 0.6 is 0 Å². The van der Waals surface area contributed by atoms with E-state index in [0.29, 0.717) is 16.9 Å². The molecule has 3 rings (SSSR count). The lowest BCUT2D eigenvalue weighted by Crippen LogP contribution is -2.27. The van der Waals surface area contributed by atoms with Crippen molar-refractivity contribution < 1.29 is 18.3 Å². The minimum Gasteiger partial charge on any atom is -0.497 e. The monoisotopic (exact) mass is 367 g/mol. The highest BCUT2D eigenvalue weighted by atomic mass is 19.1. The number of hydrogen-bond acceptors (Lipinski definition) is 2. The Labute approximate surface area is 156 Å². The number of carbonyl (C=O) groups is 1. The van der Waals surface area contributed by atoms with Gasteiger partial charge in [-0.05, 0) is 48.4 Å². The Bertz CT molecular complexity index is 972. The summed E-state index contributed by atoms with van der Waals surface area (Å²) in [5.74, 6) is -0.957. The summed E-state index contributed by atoms with van der Waals surface area (Å²) in [5.41, 5.74) is 2.09. The van der Waals surface area contributed by atoms with Crippen LogP contribution in [-0.2, 0) is 0 Å². The molecule has 3 nitrogen and oxygen atoms in total. The molecule has 0 saturated carbocycles. The van der Waals surface area contributed by atoms with Crippen LogP contribution in [0.4, 0.5) is 8.78 Å². The minimum atomic E-state index is -0.645. The van der Waals surface area contributed by atoms with E-state index in [-0.39, 0.29) is 17.5 Å². The van der Waals surface area contributed by atoms with Gasteiger partial charge in [-0.3, -0.25) is 4.79 Å². The van der Waals surface area contributed by atoms with Crippen LogP contribution in [0.15, 0.2) is 66.7 Å². The second-order valence-electron chi connectivity index (χ2n) is 6.14. The Kier molecular flexibility index (Phi) is 5.50. The quantitative estimate of drug-likeness (QED) is 0.679. The van der Waals surface area contributed by atoms with Crippen LogP contribution in [-0.4, -0.2) is 13.0 Å². The maximum Gasteiger partial charge on any atom is 0.251 e. The molecule has 0 saturated heterocycles. The van der Waals surface area contributed by atoms with E-state index in [0.717, 1.165) is 11.6 Å². The molecule has 3 aromatic carbocycles. The summed E-state index contributed by atoms with van der Waals surface area (Å²) in [5, 5.41) is 2.91. The standard InChI is InChI=1S/C22H19F2NO2/c1-14(25-22(26)15-6-5-7-17(12-15)27-2)18-8-3-4-9-19(18)20-11-10-16(23)13-21(20)24/h3-14H,1-2H3,(H,25,26). The Morgan fingerprint density at radius 1 is 0.963 bits per heavy atom. The van der Waals surface area contributed by atoms with Crippen molar-refractivity contribution in [3.8, 4) is 16.9 Å². The van der Waals surface area contributed by atoms with E-state index in [2.05, 4.69) is 5.32 Å². The van der Waals surface area contributed by atoms with Gasteiger partial charge < -0.3 is 10.1 Å². The van der Waals surface area contributed by atoms with E-state index in [9.17, 15) is 13.6 Å². The van der Waals surface area contributed by atoms with Crippen LogP contribution in [0, 0.1) is 11.6 Å². The molecular weight excluding hydrogens is 348 g/mol. The van der Waals surface area contributed by atoms with Crippen LogP contribution in [0.3, 0.4) is 0 Å². The van der Waals surface area contributed by atoms with Crippen LogP contribution in [0.1, 0.15) is 28.9 Å². The van der Waals surface area contributed by atoms with E-state index in [4.69, 9.17) is 4.74 Å². The Morgan fingerprint density at radius 3 is 2.48 bits per heavy atom. The average molecular weight is 367 g/mol. The van der Waals surface area contributed by atoms with Crippen LogP contribution < -0.4 is 10.1 Å². The Hall–Kier alpha value is -3.21. The van der Waals surface area contributed by atoms with E-state index in [1.54, 1.807) is 36.4 Å². The molecule has 0 fully saturated rings. The molecule has 0 aliphatic heterocycles. The molecule has 1 amide bonds. The molecule has 138 valence electrons. The molecule has 3 aromatic rings. The number of rotatable bonds is 5. The topological polar surface area (TPSA) is 38.3 Å². The number of carbonyl (C=O) groups excluding carboxylic acids is 1. The first-order valence-corrected chi connectivity index (χ1v) is 8.49. The zero-order valence-electron chi connectivity index (χ0n) is 15.0. The SMILES string of the molecule is COc1cccc(C(=O)NC(C)c2ccccc2-c2ccc(F)cc2F)c1. The lowest BCUT2D eigenvalue weighted by molar-refractivity contribution is 0.0939.